The fourth-order valence-corrected chi connectivity index (χ4v) is 3.04. The highest BCUT2D eigenvalue weighted by Gasteiger charge is 2.18. The van der Waals surface area contributed by atoms with E-state index in [9.17, 15) is 4.79 Å². The number of aliphatic carboxylic acids is 1. The van der Waals surface area contributed by atoms with Crippen molar-refractivity contribution in [1.82, 2.24) is 4.90 Å². The molecular formula is C10H14BrNO2S. The Morgan fingerprint density at radius 3 is 2.73 bits per heavy atom. The molecule has 1 heterocycles. The van der Waals surface area contributed by atoms with Crippen molar-refractivity contribution in [2.24, 2.45) is 0 Å². The Morgan fingerprint density at radius 2 is 2.33 bits per heavy atom. The third-order valence-electron chi connectivity index (χ3n) is 2.29. The van der Waals surface area contributed by atoms with E-state index < -0.39 is 12.0 Å². The van der Waals surface area contributed by atoms with Crippen LogP contribution in [0.25, 0.3) is 0 Å². The van der Waals surface area contributed by atoms with Gasteiger partial charge in [-0.3, -0.25) is 9.69 Å². The van der Waals surface area contributed by atoms with Gasteiger partial charge in [-0.1, -0.05) is 0 Å². The molecule has 0 radical (unpaired) electrons. The first kappa shape index (κ1) is 12.7. The van der Waals surface area contributed by atoms with Gasteiger partial charge in [0.2, 0.25) is 0 Å². The Kier molecular flexibility index (Phi) is 4.31. The van der Waals surface area contributed by atoms with Gasteiger partial charge in [-0.2, -0.15) is 0 Å². The Balaban J connectivity index is 2.70. The molecule has 0 amide bonds. The van der Waals surface area contributed by atoms with Crippen LogP contribution < -0.4 is 0 Å². The number of carbonyl (C=O) groups is 1. The van der Waals surface area contributed by atoms with Crippen molar-refractivity contribution in [2.75, 3.05) is 7.05 Å². The molecule has 1 atom stereocenters. The van der Waals surface area contributed by atoms with E-state index in [0.29, 0.717) is 6.54 Å². The van der Waals surface area contributed by atoms with Crippen molar-refractivity contribution in [3.63, 3.8) is 0 Å². The maximum Gasteiger partial charge on any atom is 0.320 e. The molecule has 0 bridgehead atoms. The molecule has 0 spiro atoms. The Morgan fingerprint density at radius 1 is 1.73 bits per heavy atom. The van der Waals surface area contributed by atoms with Crippen LogP contribution in [-0.2, 0) is 11.3 Å². The van der Waals surface area contributed by atoms with Gasteiger partial charge >= 0.3 is 5.97 Å². The largest absolute Gasteiger partial charge is 0.480 e. The number of hydrogen-bond donors (Lipinski definition) is 1. The summed E-state index contributed by atoms with van der Waals surface area (Å²) >= 11 is 5.16. The lowest BCUT2D eigenvalue weighted by molar-refractivity contribution is -0.142. The number of hydrogen-bond acceptors (Lipinski definition) is 3. The second kappa shape index (κ2) is 5.09. The van der Waals surface area contributed by atoms with Crippen LogP contribution in [0.3, 0.4) is 0 Å². The Hall–Kier alpha value is -0.390. The molecular weight excluding hydrogens is 278 g/mol. The molecule has 0 aliphatic carbocycles. The third kappa shape index (κ3) is 3.29. The molecule has 84 valence electrons. The number of thiophene rings is 1. The van der Waals surface area contributed by atoms with Gasteiger partial charge in [0.25, 0.3) is 0 Å². The molecule has 0 aromatic carbocycles. The fraction of sp³-hybridized carbons (Fsp3) is 0.500. The van der Waals surface area contributed by atoms with Crippen LogP contribution in [0.1, 0.15) is 16.7 Å². The first-order valence-corrected chi connectivity index (χ1v) is 6.20. The SMILES string of the molecule is Cc1cc(Br)c(CN(C)C(C)C(=O)O)s1. The van der Waals surface area contributed by atoms with E-state index in [1.807, 2.05) is 18.9 Å². The second-order valence-electron chi connectivity index (χ2n) is 3.56. The molecule has 1 N–H and O–H groups in total. The Bertz CT molecular complexity index is 364. The molecule has 3 nitrogen and oxygen atoms in total. The quantitative estimate of drug-likeness (QED) is 0.927. The van der Waals surface area contributed by atoms with Crippen molar-refractivity contribution >= 4 is 33.2 Å². The molecule has 5 heteroatoms. The van der Waals surface area contributed by atoms with E-state index in [-0.39, 0.29) is 0 Å². The minimum Gasteiger partial charge on any atom is -0.480 e. The van der Waals surface area contributed by atoms with E-state index in [4.69, 9.17) is 5.11 Å². The maximum atomic E-state index is 10.8. The number of carboxylic acids is 1. The highest BCUT2D eigenvalue weighted by Crippen LogP contribution is 2.28. The first-order chi connectivity index (χ1) is 6.91. The van der Waals surface area contributed by atoms with E-state index >= 15 is 0 Å². The van der Waals surface area contributed by atoms with E-state index in [0.717, 1.165) is 4.47 Å². The number of halogens is 1. The smallest absolute Gasteiger partial charge is 0.320 e. The maximum absolute atomic E-state index is 10.8. The lowest BCUT2D eigenvalue weighted by Gasteiger charge is -2.20. The highest BCUT2D eigenvalue weighted by atomic mass is 79.9. The predicted octanol–water partition coefficient (Wildman–Crippen LogP) is 2.72. The molecule has 1 aromatic rings. The van der Waals surface area contributed by atoms with Crippen molar-refractivity contribution in [2.45, 2.75) is 26.4 Å². The molecule has 0 aliphatic heterocycles. The summed E-state index contributed by atoms with van der Waals surface area (Å²) in [6.45, 7) is 4.39. The molecule has 0 fully saturated rings. The lowest BCUT2D eigenvalue weighted by Crippen LogP contribution is -2.35. The van der Waals surface area contributed by atoms with Crippen molar-refractivity contribution in [3.8, 4) is 0 Å². The van der Waals surface area contributed by atoms with Crippen molar-refractivity contribution in [1.29, 1.82) is 0 Å². The zero-order valence-corrected chi connectivity index (χ0v) is 11.4. The third-order valence-corrected chi connectivity index (χ3v) is 4.30. The normalized spacial score (nSPS) is 13.1. The fourth-order valence-electron chi connectivity index (χ4n) is 1.19. The number of carboxylic acid groups (broad SMARTS) is 1. The van der Waals surface area contributed by atoms with Gasteiger partial charge in [0.1, 0.15) is 6.04 Å². The van der Waals surface area contributed by atoms with Crippen molar-refractivity contribution < 1.29 is 9.90 Å². The predicted molar refractivity (Wildman–Crippen MR) is 65.3 cm³/mol. The van der Waals surface area contributed by atoms with Gasteiger partial charge < -0.3 is 5.11 Å². The summed E-state index contributed by atoms with van der Waals surface area (Å²) in [5.74, 6) is -0.790. The molecule has 0 saturated carbocycles. The van der Waals surface area contributed by atoms with Crippen LogP contribution in [0.2, 0.25) is 0 Å². The van der Waals surface area contributed by atoms with Gasteiger partial charge in [0.05, 0.1) is 0 Å². The number of aryl methyl sites for hydroxylation is 1. The van der Waals surface area contributed by atoms with E-state index in [1.165, 1.54) is 9.75 Å². The Labute approximate surface area is 102 Å². The lowest BCUT2D eigenvalue weighted by atomic mass is 10.3. The van der Waals surface area contributed by atoms with Crippen molar-refractivity contribution in [3.05, 3.63) is 20.3 Å². The second-order valence-corrected chi connectivity index (χ2v) is 5.75. The van der Waals surface area contributed by atoms with Crippen LogP contribution in [0.15, 0.2) is 10.5 Å². The molecule has 0 saturated heterocycles. The van der Waals surface area contributed by atoms with Gasteiger partial charge in [0.15, 0.2) is 0 Å². The van der Waals surface area contributed by atoms with Gasteiger partial charge in [0, 0.05) is 20.8 Å². The van der Waals surface area contributed by atoms with Gasteiger partial charge in [-0.25, -0.2) is 0 Å². The van der Waals surface area contributed by atoms with E-state index in [1.54, 1.807) is 18.3 Å². The van der Waals surface area contributed by atoms with Gasteiger partial charge in [-0.05, 0) is 42.9 Å². The zero-order valence-electron chi connectivity index (χ0n) is 8.95. The highest BCUT2D eigenvalue weighted by molar-refractivity contribution is 9.10. The number of likely N-dealkylation sites (N-methyl/N-ethyl adjacent to an activating group) is 1. The number of rotatable bonds is 4. The molecule has 0 aliphatic rings. The van der Waals surface area contributed by atoms with Crippen LogP contribution in [0.5, 0.6) is 0 Å². The van der Waals surface area contributed by atoms with Crippen LogP contribution >= 0.6 is 27.3 Å². The molecule has 15 heavy (non-hydrogen) atoms. The van der Waals surface area contributed by atoms with Crippen LogP contribution in [0.4, 0.5) is 0 Å². The van der Waals surface area contributed by atoms with Crippen LogP contribution in [-0.4, -0.2) is 29.1 Å². The minimum absolute atomic E-state index is 0.459. The topological polar surface area (TPSA) is 40.5 Å². The number of nitrogens with zero attached hydrogens (tertiary/aromatic N) is 1. The average molecular weight is 292 g/mol. The first-order valence-electron chi connectivity index (χ1n) is 4.59. The molecule has 1 rings (SSSR count). The average Bonchev–Trinajstić information content (AvgIpc) is 2.43. The van der Waals surface area contributed by atoms with Gasteiger partial charge in [-0.15, -0.1) is 11.3 Å². The molecule has 1 aromatic heterocycles. The summed E-state index contributed by atoms with van der Waals surface area (Å²) in [5, 5.41) is 8.85. The summed E-state index contributed by atoms with van der Waals surface area (Å²) in [5.41, 5.74) is 0. The minimum atomic E-state index is -0.790. The summed E-state index contributed by atoms with van der Waals surface area (Å²) in [4.78, 5) is 15.0. The standard InChI is InChI=1S/C10H14BrNO2S/c1-6-4-8(11)9(15-6)5-12(3)7(2)10(13)14/h4,7H,5H2,1-3H3,(H,13,14). The van der Waals surface area contributed by atoms with Crippen LogP contribution in [0, 0.1) is 6.92 Å². The summed E-state index contributed by atoms with van der Waals surface area (Å²) in [7, 11) is 1.82. The summed E-state index contributed by atoms with van der Waals surface area (Å²) in [6, 6.07) is 1.60. The molecule has 1 unspecified atom stereocenters. The monoisotopic (exact) mass is 291 g/mol. The summed E-state index contributed by atoms with van der Waals surface area (Å²) in [6.07, 6.45) is 0. The van der Waals surface area contributed by atoms with E-state index in [2.05, 4.69) is 22.0 Å². The zero-order chi connectivity index (χ0) is 11.6. The summed E-state index contributed by atoms with van der Waals surface area (Å²) < 4.78 is 1.06.